The Hall–Kier alpha value is -1.50. The van der Waals surface area contributed by atoms with Crippen LogP contribution >= 0.6 is 0 Å². The van der Waals surface area contributed by atoms with Crippen LogP contribution in [-0.4, -0.2) is 79.3 Å². The second kappa shape index (κ2) is 10.7. The number of hydrogen-bond acceptors (Lipinski definition) is 4. The van der Waals surface area contributed by atoms with Gasteiger partial charge in [-0.15, -0.1) is 0 Å². The highest BCUT2D eigenvalue weighted by atomic mass is 16.6. The summed E-state index contributed by atoms with van der Waals surface area (Å²) < 4.78 is 5.37. The van der Waals surface area contributed by atoms with Crippen molar-refractivity contribution in [3.8, 4) is 0 Å². The average molecular weight is 382 g/mol. The van der Waals surface area contributed by atoms with Gasteiger partial charge in [-0.3, -0.25) is 4.99 Å². The number of amides is 1. The molecule has 27 heavy (non-hydrogen) atoms. The van der Waals surface area contributed by atoms with E-state index in [9.17, 15) is 4.79 Å². The van der Waals surface area contributed by atoms with Crippen LogP contribution in [0.4, 0.5) is 4.79 Å². The molecule has 1 amide bonds. The van der Waals surface area contributed by atoms with Crippen molar-refractivity contribution >= 4 is 12.1 Å². The van der Waals surface area contributed by atoms with E-state index in [0.29, 0.717) is 0 Å². The minimum atomic E-state index is -0.466. The van der Waals surface area contributed by atoms with E-state index in [-0.39, 0.29) is 12.1 Å². The van der Waals surface area contributed by atoms with Crippen molar-refractivity contribution < 1.29 is 9.53 Å². The van der Waals surface area contributed by atoms with E-state index >= 15 is 0 Å². The van der Waals surface area contributed by atoms with Crippen LogP contribution in [0.1, 0.15) is 59.8 Å². The molecule has 0 saturated carbocycles. The van der Waals surface area contributed by atoms with Gasteiger partial charge in [0.15, 0.2) is 5.96 Å². The summed E-state index contributed by atoms with van der Waals surface area (Å²) in [5.74, 6) is 0.959. The third-order valence-electron chi connectivity index (χ3n) is 4.92. The van der Waals surface area contributed by atoms with Crippen molar-refractivity contribution in [3.05, 3.63) is 0 Å². The maximum Gasteiger partial charge on any atom is 0.407 e. The summed E-state index contributed by atoms with van der Waals surface area (Å²) in [6.07, 6.45) is 5.93. The predicted octanol–water partition coefficient (Wildman–Crippen LogP) is 2.43. The molecule has 2 rings (SSSR count). The van der Waals surface area contributed by atoms with Gasteiger partial charge in [-0.1, -0.05) is 12.8 Å². The fraction of sp³-hybridized carbons (Fsp3) is 0.900. The van der Waals surface area contributed by atoms with Crippen LogP contribution in [0.25, 0.3) is 0 Å². The lowest BCUT2D eigenvalue weighted by molar-refractivity contribution is 0.0507. The number of carbonyl (C=O) groups is 1. The van der Waals surface area contributed by atoms with Crippen molar-refractivity contribution in [1.29, 1.82) is 0 Å². The third-order valence-corrected chi connectivity index (χ3v) is 4.92. The lowest BCUT2D eigenvalue weighted by Gasteiger charge is -2.24. The molecule has 0 bridgehead atoms. The van der Waals surface area contributed by atoms with Crippen molar-refractivity contribution in [3.63, 3.8) is 0 Å². The number of nitrogens with zero attached hydrogens (tertiary/aromatic N) is 3. The summed E-state index contributed by atoms with van der Waals surface area (Å²) in [4.78, 5) is 21.6. The molecule has 1 atom stereocenters. The fourth-order valence-electron chi connectivity index (χ4n) is 3.63. The van der Waals surface area contributed by atoms with Gasteiger partial charge in [0.2, 0.25) is 0 Å². The van der Waals surface area contributed by atoms with Gasteiger partial charge in [-0.25, -0.2) is 4.79 Å². The van der Waals surface area contributed by atoms with Crippen molar-refractivity contribution in [1.82, 2.24) is 20.4 Å². The van der Waals surface area contributed by atoms with Crippen LogP contribution in [0.3, 0.4) is 0 Å². The Balaban J connectivity index is 1.80. The topological polar surface area (TPSA) is 69.2 Å². The molecule has 0 aromatic rings. The maximum atomic E-state index is 12.0. The van der Waals surface area contributed by atoms with E-state index in [1.165, 1.54) is 38.8 Å². The summed E-state index contributed by atoms with van der Waals surface area (Å²) in [5, 5.41) is 6.38. The van der Waals surface area contributed by atoms with Gasteiger partial charge in [0.05, 0.1) is 12.6 Å². The van der Waals surface area contributed by atoms with Crippen molar-refractivity contribution in [2.75, 3.05) is 45.8 Å². The number of guanidine groups is 1. The molecule has 2 saturated heterocycles. The Morgan fingerprint density at radius 3 is 2.48 bits per heavy atom. The molecule has 2 N–H and O–H groups in total. The number of nitrogens with one attached hydrogen (secondary N) is 2. The molecule has 7 nitrogen and oxygen atoms in total. The molecule has 2 heterocycles. The molecule has 2 fully saturated rings. The van der Waals surface area contributed by atoms with Gasteiger partial charge in [-0.2, -0.15) is 0 Å². The minimum Gasteiger partial charge on any atom is -0.444 e. The van der Waals surface area contributed by atoms with E-state index in [0.717, 1.165) is 45.1 Å². The Bertz CT molecular complexity index is 481. The van der Waals surface area contributed by atoms with Gasteiger partial charge in [0, 0.05) is 26.2 Å². The summed E-state index contributed by atoms with van der Waals surface area (Å²) >= 11 is 0. The van der Waals surface area contributed by atoms with Gasteiger partial charge >= 0.3 is 6.09 Å². The summed E-state index contributed by atoms with van der Waals surface area (Å²) in [5.41, 5.74) is -0.466. The molecule has 0 radical (unpaired) electrons. The average Bonchev–Trinajstić information content (AvgIpc) is 2.87. The van der Waals surface area contributed by atoms with Crippen molar-refractivity contribution in [2.24, 2.45) is 4.99 Å². The van der Waals surface area contributed by atoms with E-state index in [1.807, 2.05) is 20.8 Å². The number of rotatable bonds is 5. The van der Waals surface area contributed by atoms with Crippen molar-refractivity contribution in [2.45, 2.75) is 71.4 Å². The molecule has 2 aliphatic rings. The molecule has 0 aromatic heterocycles. The summed E-state index contributed by atoms with van der Waals surface area (Å²) in [7, 11) is 0. The maximum absolute atomic E-state index is 12.0. The first kappa shape index (κ1) is 21.8. The molecule has 1 unspecified atom stereocenters. The first-order valence-electron chi connectivity index (χ1n) is 10.6. The fourth-order valence-corrected chi connectivity index (χ4v) is 3.63. The smallest absolute Gasteiger partial charge is 0.407 e. The molecule has 0 spiro atoms. The minimum absolute atomic E-state index is 0.106. The molecular formula is C20H39N5O2. The molecule has 7 heteroatoms. The number of aliphatic imine (C=N–C) groups is 1. The normalized spacial score (nSPS) is 22.4. The highest BCUT2D eigenvalue weighted by Gasteiger charge is 2.27. The van der Waals surface area contributed by atoms with Gasteiger partial charge in [0.1, 0.15) is 5.60 Å². The highest BCUT2D eigenvalue weighted by molar-refractivity contribution is 5.80. The second-order valence-electron chi connectivity index (χ2n) is 8.57. The van der Waals surface area contributed by atoms with Crippen LogP contribution in [0.5, 0.6) is 0 Å². The van der Waals surface area contributed by atoms with Crippen LogP contribution in [0.15, 0.2) is 4.99 Å². The highest BCUT2D eigenvalue weighted by Crippen LogP contribution is 2.12. The molecule has 0 aliphatic carbocycles. The van der Waals surface area contributed by atoms with E-state index < -0.39 is 5.60 Å². The van der Waals surface area contributed by atoms with Gasteiger partial charge in [-0.05, 0) is 60.0 Å². The molecule has 2 aliphatic heterocycles. The van der Waals surface area contributed by atoms with Gasteiger partial charge < -0.3 is 25.2 Å². The summed E-state index contributed by atoms with van der Waals surface area (Å²) in [6, 6.07) is 0.106. The van der Waals surface area contributed by atoms with Crippen LogP contribution in [0.2, 0.25) is 0 Å². The number of likely N-dealkylation sites (tertiary alicyclic amines) is 2. The van der Waals surface area contributed by atoms with Crippen LogP contribution in [-0.2, 0) is 4.74 Å². The number of alkyl carbamates (subject to hydrolysis) is 1. The first-order valence-corrected chi connectivity index (χ1v) is 10.6. The van der Waals surface area contributed by atoms with E-state index in [2.05, 4.69) is 27.4 Å². The Morgan fingerprint density at radius 1 is 1.15 bits per heavy atom. The van der Waals surface area contributed by atoms with Gasteiger partial charge in [0.25, 0.3) is 0 Å². The third kappa shape index (κ3) is 8.37. The monoisotopic (exact) mass is 381 g/mol. The SMILES string of the molecule is CCNC(=NCCN1CCCCCC1)N1CCC(NC(=O)OC(C)(C)C)C1. The van der Waals surface area contributed by atoms with E-state index in [4.69, 9.17) is 9.73 Å². The lowest BCUT2D eigenvalue weighted by Crippen LogP contribution is -2.44. The molecular weight excluding hydrogens is 342 g/mol. The Labute approximate surface area is 164 Å². The zero-order chi connectivity index (χ0) is 19.7. The number of ether oxygens (including phenoxy) is 1. The Kier molecular flexibility index (Phi) is 8.67. The second-order valence-corrected chi connectivity index (χ2v) is 8.57. The zero-order valence-electron chi connectivity index (χ0n) is 17.7. The first-order chi connectivity index (χ1) is 12.9. The largest absolute Gasteiger partial charge is 0.444 e. The quantitative estimate of drug-likeness (QED) is 0.565. The number of hydrogen-bond donors (Lipinski definition) is 2. The van der Waals surface area contributed by atoms with E-state index in [1.54, 1.807) is 0 Å². The molecule has 0 aromatic carbocycles. The summed E-state index contributed by atoms with van der Waals surface area (Å²) in [6.45, 7) is 14.5. The number of carbonyl (C=O) groups excluding carboxylic acids is 1. The molecule has 156 valence electrons. The lowest BCUT2D eigenvalue weighted by atomic mass is 10.2. The van der Waals surface area contributed by atoms with Crippen LogP contribution in [0, 0.1) is 0 Å². The predicted molar refractivity (Wildman–Crippen MR) is 110 cm³/mol. The standard InChI is InChI=1S/C20H39N5O2/c1-5-21-18(22-11-15-24-12-8-6-7-9-13-24)25-14-10-17(16-25)23-19(26)27-20(2,3)4/h17H,5-16H2,1-4H3,(H,21,22)(H,23,26). The zero-order valence-corrected chi connectivity index (χ0v) is 17.7. The van der Waals surface area contributed by atoms with Crippen LogP contribution < -0.4 is 10.6 Å². The Morgan fingerprint density at radius 2 is 1.85 bits per heavy atom.